The van der Waals surface area contributed by atoms with E-state index in [1.165, 1.54) is 6.07 Å². The van der Waals surface area contributed by atoms with Crippen LogP contribution in [0.3, 0.4) is 0 Å². The van der Waals surface area contributed by atoms with Gasteiger partial charge in [0.2, 0.25) is 0 Å². The maximum Gasteiger partial charge on any atom is 0.257 e. The molecule has 5 rings (SSSR count). The first kappa shape index (κ1) is 24.4. The van der Waals surface area contributed by atoms with Gasteiger partial charge in [0, 0.05) is 62.1 Å². The minimum absolute atomic E-state index is 0.219. The lowest BCUT2D eigenvalue weighted by Gasteiger charge is -2.24. The minimum atomic E-state index is -0.505. The molecule has 1 aromatic carbocycles. The van der Waals surface area contributed by atoms with E-state index in [0.29, 0.717) is 29.0 Å². The minimum Gasteiger partial charge on any atom is -0.371 e. The maximum absolute atomic E-state index is 14.6. The number of hydrogen-bond donors (Lipinski definition) is 1. The van der Waals surface area contributed by atoms with Crippen LogP contribution >= 0.6 is 0 Å². The molecule has 0 saturated heterocycles. The van der Waals surface area contributed by atoms with E-state index in [4.69, 9.17) is 5.10 Å². The van der Waals surface area contributed by atoms with Crippen molar-refractivity contribution < 1.29 is 9.18 Å². The van der Waals surface area contributed by atoms with Crippen molar-refractivity contribution in [1.82, 2.24) is 34.2 Å². The van der Waals surface area contributed by atoms with E-state index >= 15 is 0 Å². The number of nitrogens with one attached hydrogen (secondary N) is 1. The van der Waals surface area contributed by atoms with Gasteiger partial charge in [-0.2, -0.15) is 5.10 Å². The molecular weight excluding hydrogens is 473 g/mol. The summed E-state index contributed by atoms with van der Waals surface area (Å²) in [5.41, 5.74) is 4.03. The molecule has 0 aliphatic heterocycles. The molecule has 0 unspecified atom stereocenters. The third-order valence-corrected chi connectivity index (χ3v) is 6.13. The van der Waals surface area contributed by atoms with E-state index in [1.807, 2.05) is 25.5 Å². The predicted octanol–water partition coefficient (Wildman–Crippen LogP) is 4.19. The number of nitrogens with zero attached hydrogens (tertiary/aromatic N) is 8. The van der Waals surface area contributed by atoms with Gasteiger partial charge in [-0.15, -0.1) is 5.10 Å². The molecule has 1 amide bonds. The van der Waals surface area contributed by atoms with Crippen LogP contribution in [0.5, 0.6) is 0 Å². The lowest BCUT2D eigenvalue weighted by Crippen LogP contribution is -2.25. The van der Waals surface area contributed by atoms with E-state index in [0.717, 1.165) is 42.7 Å². The van der Waals surface area contributed by atoms with Crippen molar-refractivity contribution in [3.05, 3.63) is 65.8 Å². The number of pyridine rings is 1. The summed E-state index contributed by atoms with van der Waals surface area (Å²) < 4.78 is 19.6. The number of carbonyl (C=O) groups is 1. The number of aryl methyl sites for hydroxylation is 2. The fourth-order valence-electron chi connectivity index (χ4n) is 4.65. The Morgan fingerprint density at radius 1 is 1.11 bits per heavy atom. The molecule has 192 valence electrons. The molecule has 0 radical (unpaired) electrons. The lowest BCUT2D eigenvalue weighted by molar-refractivity contribution is 0.102. The zero-order chi connectivity index (χ0) is 26.1. The zero-order valence-corrected chi connectivity index (χ0v) is 21.4. The van der Waals surface area contributed by atoms with Crippen LogP contribution in [0.25, 0.3) is 16.6 Å². The maximum atomic E-state index is 14.6. The lowest BCUT2D eigenvalue weighted by atomic mass is 10.1. The number of imidazole rings is 1. The number of anilines is 2. The van der Waals surface area contributed by atoms with Crippen molar-refractivity contribution in [1.29, 1.82) is 0 Å². The van der Waals surface area contributed by atoms with Gasteiger partial charge in [0.15, 0.2) is 11.5 Å². The molecule has 37 heavy (non-hydrogen) atoms. The zero-order valence-electron chi connectivity index (χ0n) is 21.4. The summed E-state index contributed by atoms with van der Waals surface area (Å²) in [5, 5.41) is 16.7. The molecule has 4 aromatic heterocycles. The topological polar surface area (TPSA) is 98.2 Å². The first-order valence-corrected chi connectivity index (χ1v) is 12.4. The Hall–Kier alpha value is -4.28. The molecule has 0 spiro atoms. The van der Waals surface area contributed by atoms with E-state index in [1.54, 1.807) is 39.1 Å². The summed E-state index contributed by atoms with van der Waals surface area (Å²) in [5.74, 6) is -0.871. The van der Waals surface area contributed by atoms with Gasteiger partial charge in [0.25, 0.3) is 5.91 Å². The van der Waals surface area contributed by atoms with Gasteiger partial charge in [-0.3, -0.25) is 14.2 Å². The highest BCUT2D eigenvalue weighted by molar-refractivity contribution is 6.13. The summed E-state index contributed by atoms with van der Waals surface area (Å²) in [6.45, 7) is 8.31. The third kappa shape index (κ3) is 4.89. The molecule has 0 fully saturated rings. The summed E-state index contributed by atoms with van der Waals surface area (Å²) in [4.78, 5) is 19.9. The van der Waals surface area contributed by atoms with Gasteiger partial charge in [0.1, 0.15) is 11.2 Å². The van der Waals surface area contributed by atoms with Crippen LogP contribution in [0, 0.1) is 12.7 Å². The van der Waals surface area contributed by atoms with E-state index in [2.05, 4.69) is 39.4 Å². The number of hydrogen-bond acceptors (Lipinski definition) is 6. The van der Waals surface area contributed by atoms with Crippen molar-refractivity contribution in [2.24, 2.45) is 7.05 Å². The van der Waals surface area contributed by atoms with Gasteiger partial charge in [0.05, 0.1) is 23.5 Å². The predicted molar refractivity (Wildman–Crippen MR) is 140 cm³/mol. The highest BCUT2D eigenvalue weighted by atomic mass is 19.1. The van der Waals surface area contributed by atoms with Crippen LogP contribution in [0.2, 0.25) is 0 Å². The average molecular weight is 504 g/mol. The Morgan fingerprint density at radius 3 is 2.59 bits per heavy atom. The molecule has 11 heteroatoms. The Bertz CT molecular complexity index is 1580. The van der Waals surface area contributed by atoms with Gasteiger partial charge < -0.3 is 14.6 Å². The fourth-order valence-corrected chi connectivity index (χ4v) is 4.65. The molecule has 4 heterocycles. The van der Waals surface area contributed by atoms with E-state index in [-0.39, 0.29) is 11.6 Å². The van der Waals surface area contributed by atoms with Gasteiger partial charge in [-0.1, -0.05) is 19.1 Å². The summed E-state index contributed by atoms with van der Waals surface area (Å²) in [7, 11) is 1.81. The molecule has 0 aliphatic carbocycles. The quantitative estimate of drug-likeness (QED) is 0.324. The number of aromatic nitrogens is 7. The number of rotatable bonds is 9. The Morgan fingerprint density at radius 2 is 1.89 bits per heavy atom. The molecule has 0 bridgehead atoms. The van der Waals surface area contributed by atoms with Crippen molar-refractivity contribution >= 4 is 33.8 Å². The van der Waals surface area contributed by atoms with Crippen molar-refractivity contribution in [3.8, 4) is 0 Å². The largest absolute Gasteiger partial charge is 0.371 e. The Kier molecular flexibility index (Phi) is 6.60. The third-order valence-electron chi connectivity index (χ3n) is 6.13. The summed E-state index contributed by atoms with van der Waals surface area (Å²) in [6.07, 6.45) is 9.15. The monoisotopic (exact) mass is 503 g/mol. The van der Waals surface area contributed by atoms with Crippen molar-refractivity contribution in [3.63, 3.8) is 0 Å². The van der Waals surface area contributed by atoms with Gasteiger partial charge in [-0.25, -0.2) is 9.37 Å². The molecule has 1 N–H and O–H groups in total. The van der Waals surface area contributed by atoms with E-state index < -0.39 is 5.82 Å². The second-order valence-corrected chi connectivity index (χ2v) is 9.24. The van der Waals surface area contributed by atoms with Crippen molar-refractivity contribution in [2.75, 3.05) is 23.3 Å². The van der Waals surface area contributed by atoms with Crippen LogP contribution in [0.4, 0.5) is 15.8 Å². The highest BCUT2D eigenvalue weighted by Gasteiger charge is 2.20. The van der Waals surface area contributed by atoms with Crippen molar-refractivity contribution in [2.45, 2.75) is 40.2 Å². The van der Waals surface area contributed by atoms with Crippen LogP contribution in [-0.4, -0.2) is 53.2 Å². The molecular formula is C26H30FN9O. The van der Waals surface area contributed by atoms with Gasteiger partial charge in [-0.05, 0) is 31.9 Å². The first-order chi connectivity index (χ1) is 17.9. The van der Waals surface area contributed by atoms with Crippen LogP contribution in [0.15, 0.2) is 43.0 Å². The number of fused-ring (bicyclic) bond motifs is 2. The summed E-state index contributed by atoms with van der Waals surface area (Å²) >= 11 is 0. The number of carbonyl (C=O) groups excluding carboxylic acids is 1. The van der Waals surface area contributed by atoms with Crippen LogP contribution < -0.4 is 10.2 Å². The number of amides is 1. The standard InChI is InChI=1S/C26H30FN9O/c1-5-9-34(10-6-2)23-8-7-20(24-21(23)16-36(31-24)15-19-13-33(4)32-30-19)26(37)29-18-11-22(27)25-28-17(3)12-35(25)14-18/h7-8,11-14,16H,5-6,9-10,15H2,1-4H3,(H,29,37). The molecule has 0 atom stereocenters. The molecule has 0 aliphatic rings. The highest BCUT2D eigenvalue weighted by Crippen LogP contribution is 2.30. The fraction of sp³-hybridized carbons (Fsp3) is 0.346. The average Bonchev–Trinajstić information content (AvgIpc) is 3.56. The summed E-state index contributed by atoms with van der Waals surface area (Å²) in [6, 6.07) is 5.04. The molecule has 0 saturated carbocycles. The van der Waals surface area contributed by atoms with E-state index in [9.17, 15) is 9.18 Å². The number of benzene rings is 1. The molecule has 5 aromatic rings. The Balaban J connectivity index is 1.54. The number of halogens is 1. The van der Waals surface area contributed by atoms with Crippen LogP contribution in [-0.2, 0) is 13.6 Å². The SMILES string of the molecule is CCCN(CCC)c1ccc(C(=O)Nc2cc(F)c3nc(C)cn3c2)c2nn(Cc3cn(C)nn3)cc12. The normalized spacial score (nSPS) is 11.5. The van der Waals surface area contributed by atoms with Gasteiger partial charge >= 0.3 is 0 Å². The smallest absolute Gasteiger partial charge is 0.257 e. The second kappa shape index (κ2) is 10.00. The van der Waals surface area contributed by atoms with Crippen LogP contribution in [0.1, 0.15) is 48.4 Å². The first-order valence-electron chi connectivity index (χ1n) is 12.4. The Labute approximate surface area is 213 Å². The molecule has 10 nitrogen and oxygen atoms in total. The second-order valence-electron chi connectivity index (χ2n) is 9.24.